The number of hydrazone groups is 1. The van der Waals surface area contributed by atoms with Crippen molar-refractivity contribution in [3.63, 3.8) is 0 Å². The molecule has 0 heterocycles. The van der Waals surface area contributed by atoms with E-state index in [1.807, 2.05) is 0 Å². The molecular formula is C12H15N3O2S. The summed E-state index contributed by atoms with van der Waals surface area (Å²) in [5, 5.41) is 16.9. The fraction of sp³-hybridized carbons (Fsp3) is 0.167. The number of benzene rings is 1. The number of methoxy groups -OCH3 is 1. The molecule has 0 aliphatic carbocycles. The number of thiocarbonyl (C=S) groups is 1. The number of hydrogen-bond donors (Lipinski definition) is 3. The van der Waals surface area contributed by atoms with Crippen molar-refractivity contribution in [2.75, 3.05) is 13.7 Å². The summed E-state index contributed by atoms with van der Waals surface area (Å²) in [7, 11) is 1.49. The summed E-state index contributed by atoms with van der Waals surface area (Å²) in [6, 6.07) is 5.13. The molecular weight excluding hydrogens is 250 g/mol. The summed E-state index contributed by atoms with van der Waals surface area (Å²) in [6.07, 6.45) is 3.14. The van der Waals surface area contributed by atoms with Crippen LogP contribution in [0.2, 0.25) is 0 Å². The average molecular weight is 265 g/mol. The van der Waals surface area contributed by atoms with Crippen molar-refractivity contribution in [1.82, 2.24) is 10.7 Å². The standard InChI is InChI=1S/C12H15N3O2S/c1-3-7-13-12(18)15-14-8-9-5-4-6-10(17-2)11(9)16/h3-6,8,16H,1,7H2,2H3,(H2,13,15,18)/b14-8-. The van der Waals surface area contributed by atoms with Crippen molar-refractivity contribution in [3.8, 4) is 11.5 Å². The Kier molecular flexibility index (Phi) is 5.66. The van der Waals surface area contributed by atoms with Gasteiger partial charge in [0.2, 0.25) is 0 Å². The Morgan fingerprint density at radius 3 is 3.06 bits per heavy atom. The molecule has 0 amide bonds. The molecule has 0 saturated carbocycles. The van der Waals surface area contributed by atoms with Gasteiger partial charge in [-0.3, -0.25) is 5.43 Å². The van der Waals surface area contributed by atoms with Crippen LogP contribution >= 0.6 is 12.2 Å². The van der Waals surface area contributed by atoms with Gasteiger partial charge in [-0.15, -0.1) is 6.58 Å². The first kappa shape index (κ1) is 14.0. The summed E-state index contributed by atoms with van der Waals surface area (Å²) >= 11 is 4.95. The molecule has 0 saturated heterocycles. The van der Waals surface area contributed by atoms with Crippen molar-refractivity contribution in [2.45, 2.75) is 0 Å². The Balaban J connectivity index is 2.62. The maximum Gasteiger partial charge on any atom is 0.187 e. The minimum absolute atomic E-state index is 0.0375. The number of phenolic OH excluding ortho intramolecular Hbond substituents is 1. The van der Waals surface area contributed by atoms with Crippen LogP contribution in [0, 0.1) is 0 Å². The Bertz CT molecular complexity index is 461. The third kappa shape index (κ3) is 4.06. The van der Waals surface area contributed by atoms with Gasteiger partial charge in [0.15, 0.2) is 16.6 Å². The van der Waals surface area contributed by atoms with Crippen LogP contribution in [0.15, 0.2) is 36.0 Å². The first-order valence-electron chi connectivity index (χ1n) is 5.22. The van der Waals surface area contributed by atoms with Crippen LogP contribution in [-0.4, -0.2) is 30.1 Å². The van der Waals surface area contributed by atoms with Gasteiger partial charge in [-0.1, -0.05) is 12.1 Å². The molecule has 18 heavy (non-hydrogen) atoms. The third-order valence-corrected chi connectivity index (χ3v) is 2.26. The Labute approximate surface area is 111 Å². The second kappa shape index (κ2) is 7.29. The first-order chi connectivity index (χ1) is 8.69. The highest BCUT2D eigenvalue weighted by Crippen LogP contribution is 2.27. The molecule has 0 aliphatic heterocycles. The number of nitrogens with one attached hydrogen (secondary N) is 2. The van der Waals surface area contributed by atoms with E-state index in [0.717, 1.165) is 0 Å². The molecule has 0 aliphatic rings. The molecule has 0 fully saturated rings. The van der Waals surface area contributed by atoms with Gasteiger partial charge in [0.25, 0.3) is 0 Å². The van der Waals surface area contributed by atoms with Crippen LogP contribution in [-0.2, 0) is 0 Å². The van der Waals surface area contributed by atoms with E-state index >= 15 is 0 Å². The number of phenols is 1. The van der Waals surface area contributed by atoms with Gasteiger partial charge in [0.1, 0.15) is 0 Å². The van der Waals surface area contributed by atoms with Crippen molar-refractivity contribution in [1.29, 1.82) is 0 Å². The molecule has 1 rings (SSSR count). The van der Waals surface area contributed by atoms with Gasteiger partial charge in [-0.05, 0) is 24.4 Å². The lowest BCUT2D eigenvalue weighted by atomic mass is 10.2. The van der Waals surface area contributed by atoms with Crippen LogP contribution in [0.3, 0.4) is 0 Å². The second-order valence-corrected chi connectivity index (χ2v) is 3.68. The molecule has 0 radical (unpaired) electrons. The van der Waals surface area contributed by atoms with Gasteiger partial charge in [-0.25, -0.2) is 0 Å². The van der Waals surface area contributed by atoms with Crippen molar-refractivity contribution in [2.24, 2.45) is 5.10 Å². The number of hydrogen-bond acceptors (Lipinski definition) is 4. The van der Waals surface area contributed by atoms with E-state index in [4.69, 9.17) is 17.0 Å². The smallest absolute Gasteiger partial charge is 0.187 e. The number of nitrogens with zero attached hydrogens (tertiary/aromatic N) is 1. The van der Waals surface area contributed by atoms with E-state index in [0.29, 0.717) is 23.0 Å². The minimum atomic E-state index is 0.0375. The Morgan fingerprint density at radius 1 is 1.61 bits per heavy atom. The van der Waals surface area contributed by atoms with E-state index in [2.05, 4.69) is 22.4 Å². The fourth-order valence-electron chi connectivity index (χ4n) is 1.17. The highest BCUT2D eigenvalue weighted by molar-refractivity contribution is 7.80. The van der Waals surface area contributed by atoms with Gasteiger partial charge < -0.3 is 15.2 Å². The molecule has 5 nitrogen and oxygen atoms in total. The zero-order valence-corrected chi connectivity index (χ0v) is 10.8. The van der Waals surface area contributed by atoms with Crippen molar-refractivity contribution < 1.29 is 9.84 Å². The topological polar surface area (TPSA) is 65.9 Å². The third-order valence-electron chi connectivity index (χ3n) is 2.03. The predicted molar refractivity (Wildman–Crippen MR) is 76.2 cm³/mol. The maximum absolute atomic E-state index is 9.79. The molecule has 0 bridgehead atoms. The molecule has 6 heteroatoms. The van der Waals surface area contributed by atoms with Gasteiger partial charge in [-0.2, -0.15) is 5.10 Å². The van der Waals surface area contributed by atoms with Gasteiger partial charge in [0.05, 0.1) is 13.3 Å². The SMILES string of the molecule is C=CCNC(=S)N/N=C\c1cccc(OC)c1O. The molecule has 0 aromatic heterocycles. The average Bonchev–Trinajstić information content (AvgIpc) is 2.38. The Morgan fingerprint density at radius 2 is 2.39 bits per heavy atom. The number of ether oxygens (including phenoxy) is 1. The van der Waals surface area contributed by atoms with Crippen LogP contribution in [0.25, 0.3) is 0 Å². The zero-order chi connectivity index (χ0) is 13.4. The molecule has 0 atom stereocenters. The van der Waals surface area contributed by atoms with Crippen LogP contribution < -0.4 is 15.5 Å². The largest absolute Gasteiger partial charge is 0.504 e. The highest BCUT2D eigenvalue weighted by Gasteiger charge is 2.04. The molecule has 1 aromatic rings. The highest BCUT2D eigenvalue weighted by atomic mass is 32.1. The number of para-hydroxylation sites is 1. The molecule has 3 N–H and O–H groups in total. The van der Waals surface area contributed by atoms with E-state index in [-0.39, 0.29) is 5.75 Å². The minimum Gasteiger partial charge on any atom is -0.504 e. The monoisotopic (exact) mass is 265 g/mol. The Hall–Kier alpha value is -2.08. The fourth-order valence-corrected chi connectivity index (χ4v) is 1.31. The van der Waals surface area contributed by atoms with Crippen molar-refractivity contribution in [3.05, 3.63) is 36.4 Å². The van der Waals surface area contributed by atoms with Crippen LogP contribution in [0.4, 0.5) is 0 Å². The summed E-state index contributed by atoms with van der Waals surface area (Å²) < 4.78 is 4.98. The summed E-state index contributed by atoms with van der Waals surface area (Å²) in [6.45, 7) is 4.12. The molecule has 0 unspecified atom stereocenters. The summed E-state index contributed by atoms with van der Waals surface area (Å²) in [5.74, 6) is 0.432. The van der Waals surface area contributed by atoms with Crippen molar-refractivity contribution >= 4 is 23.5 Å². The van der Waals surface area contributed by atoms with E-state index in [9.17, 15) is 5.11 Å². The van der Waals surface area contributed by atoms with Crippen LogP contribution in [0.1, 0.15) is 5.56 Å². The quantitative estimate of drug-likeness (QED) is 0.325. The lowest BCUT2D eigenvalue weighted by molar-refractivity contribution is 0.373. The normalized spacial score (nSPS) is 10.1. The predicted octanol–water partition coefficient (Wildman–Crippen LogP) is 1.38. The lowest BCUT2D eigenvalue weighted by Crippen LogP contribution is -2.31. The van der Waals surface area contributed by atoms with Crippen LogP contribution in [0.5, 0.6) is 11.5 Å². The summed E-state index contributed by atoms with van der Waals surface area (Å²) in [5.41, 5.74) is 3.16. The van der Waals surface area contributed by atoms with E-state index < -0.39 is 0 Å². The molecule has 0 spiro atoms. The van der Waals surface area contributed by atoms with E-state index in [1.165, 1.54) is 13.3 Å². The molecule has 96 valence electrons. The molecule has 1 aromatic carbocycles. The zero-order valence-electron chi connectivity index (χ0n) is 10.0. The summed E-state index contributed by atoms with van der Waals surface area (Å²) in [4.78, 5) is 0. The van der Waals surface area contributed by atoms with E-state index in [1.54, 1.807) is 24.3 Å². The van der Waals surface area contributed by atoms with Gasteiger partial charge in [0, 0.05) is 12.1 Å². The maximum atomic E-state index is 9.79. The number of rotatable bonds is 5. The number of aromatic hydroxyl groups is 1. The lowest BCUT2D eigenvalue weighted by Gasteiger charge is -2.06. The first-order valence-corrected chi connectivity index (χ1v) is 5.63. The second-order valence-electron chi connectivity index (χ2n) is 3.27. The van der Waals surface area contributed by atoms with Gasteiger partial charge >= 0.3 is 0 Å².